The molecule has 2 heterocycles. The second-order valence-corrected chi connectivity index (χ2v) is 5.09. The minimum Gasteiger partial charge on any atom is -0.478 e. The summed E-state index contributed by atoms with van der Waals surface area (Å²) in [5.74, 6) is -0.0361. The first-order valence-electron chi connectivity index (χ1n) is 6.72. The van der Waals surface area contributed by atoms with Gasteiger partial charge in [-0.15, -0.1) is 0 Å². The molecule has 0 atom stereocenters. The van der Waals surface area contributed by atoms with E-state index in [9.17, 15) is 4.79 Å². The van der Waals surface area contributed by atoms with Crippen LogP contribution in [-0.2, 0) is 20.0 Å². The lowest BCUT2D eigenvalue weighted by Gasteiger charge is -2.06. The number of carboxylic acids is 1. The van der Waals surface area contributed by atoms with Crippen molar-refractivity contribution in [3.8, 4) is 0 Å². The second-order valence-electron chi connectivity index (χ2n) is 5.09. The number of aryl methyl sites for hydroxylation is 4. The van der Waals surface area contributed by atoms with Gasteiger partial charge in [-0.1, -0.05) is 0 Å². The van der Waals surface area contributed by atoms with Crippen molar-refractivity contribution >= 4 is 17.0 Å². The van der Waals surface area contributed by atoms with E-state index in [0.29, 0.717) is 0 Å². The molecule has 0 saturated heterocycles. The molecule has 1 N–H and O–H groups in total. The van der Waals surface area contributed by atoms with Gasteiger partial charge in [-0.05, 0) is 37.1 Å². The van der Waals surface area contributed by atoms with Gasteiger partial charge in [0.05, 0.1) is 22.8 Å². The third-order valence-corrected chi connectivity index (χ3v) is 3.57. The number of nitrogens with zero attached hydrogens (tertiary/aromatic N) is 4. The number of hydrogen-bond acceptors (Lipinski definition) is 3. The molecule has 0 radical (unpaired) electrons. The van der Waals surface area contributed by atoms with E-state index >= 15 is 0 Å². The zero-order chi connectivity index (χ0) is 15.0. The molecule has 2 aromatic heterocycles. The molecule has 3 rings (SSSR count). The molecule has 0 aliphatic heterocycles. The number of benzene rings is 1. The Morgan fingerprint density at radius 3 is 2.86 bits per heavy atom. The molecule has 0 bridgehead atoms. The van der Waals surface area contributed by atoms with Crippen LogP contribution in [0.4, 0.5) is 0 Å². The van der Waals surface area contributed by atoms with Crippen LogP contribution in [0.5, 0.6) is 0 Å². The molecule has 0 aliphatic rings. The first-order valence-corrected chi connectivity index (χ1v) is 6.72. The van der Waals surface area contributed by atoms with Gasteiger partial charge in [-0.2, -0.15) is 5.10 Å². The standard InChI is InChI=1S/C15H16N4O2/c1-10-17-13-4-3-12(15(20)21)7-14(13)19(10)6-5-11-8-16-18(2)9-11/h3-4,7-9H,5-6H2,1-2H3,(H,20,21). The van der Waals surface area contributed by atoms with Crippen LogP contribution in [0.3, 0.4) is 0 Å². The average Bonchev–Trinajstić information content (AvgIpc) is 2.98. The Bertz CT molecular complexity index is 816. The molecule has 108 valence electrons. The largest absolute Gasteiger partial charge is 0.478 e. The maximum absolute atomic E-state index is 11.1. The molecule has 1 aromatic carbocycles. The lowest BCUT2D eigenvalue weighted by molar-refractivity contribution is 0.0697. The fourth-order valence-corrected chi connectivity index (χ4v) is 2.50. The summed E-state index contributed by atoms with van der Waals surface area (Å²) < 4.78 is 3.82. The van der Waals surface area contributed by atoms with E-state index in [1.807, 2.05) is 26.4 Å². The van der Waals surface area contributed by atoms with Crippen molar-refractivity contribution in [2.24, 2.45) is 7.05 Å². The Morgan fingerprint density at radius 2 is 2.19 bits per heavy atom. The van der Waals surface area contributed by atoms with E-state index in [1.165, 1.54) is 0 Å². The molecule has 0 amide bonds. The van der Waals surface area contributed by atoms with Crippen molar-refractivity contribution in [1.82, 2.24) is 19.3 Å². The van der Waals surface area contributed by atoms with Crippen LogP contribution in [0, 0.1) is 6.92 Å². The molecule has 6 nitrogen and oxygen atoms in total. The highest BCUT2D eigenvalue weighted by Crippen LogP contribution is 2.18. The fraction of sp³-hybridized carbons (Fsp3) is 0.267. The van der Waals surface area contributed by atoms with Crippen molar-refractivity contribution in [3.63, 3.8) is 0 Å². The minimum atomic E-state index is -0.922. The molecular formula is C15H16N4O2. The summed E-state index contributed by atoms with van der Waals surface area (Å²) in [4.78, 5) is 15.6. The van der Waals surface area contributed by atoms with Gasteiger partial charge in [-0.25, -0.2) is 9.78 Å². The highest BCUT2D eigenvalue weighted by atomic mass is 16.4. The van der Waals surface area contributed by atoms with Crippen LogP contribution in [0.1, 0.15) is 21.7 Å². The molecule has 6 heteroatoms. The number of carboxylic acid groups (broad SMARTS) is 1. The van der Waals surface area contributed by atoms with Gasteiger partial charge in [0.15, 0.2) is 0 Å². The van der Waals surface area contributed by atoms with Crippen LogP contribution in [0.25, 0.3) is 11.0 Å². The Labute approximate surface area is 121 Å². The lowest BCUT2D eigenvalue weighted by Crippen LogP contribution is -2.04. The van der Waals surface area contributed by atoms with Crippen molar-refractivity contribution < 1.29 is 9.90 Å². The first kappa shape index (κ1) is 13.4. The SMILES string of the molecule is Cc1nc2ccc(C(=O)O)cc2n1CCc1cnn(C)c1. The van der Waals surface area contributed by atoms with Crippen LogP contribution in [-0.4, -0.2) is 30.4 Å². The summed E-state index contributed by atoms with van der Waals surface area (Å²) >= 11 is 0. The fourth-order valence-electron chi connectivity index (χ4n) is 2.50. The molecular weight excluding hydrogens is 268 g/mol. The van der Waals surface area contributed by atoms with Crippen LogP contribution in [0.2, 0.25) is 0 Å². The summed E-state index contributed by atoms with van der Waals surface area (Å²) in [6.07, 6.45) is 4.66. The van der Waals surface area contributed by atoms with Crippen molar-refractivity contribution in [1.29, 1.82) is 0 Å². The summed E-state index contributed by atoms with van der Waals surface area (Å²) in [6, 6.07) is 5.02. The maximum Gasteiger partial charge on any atom is 0.335 e. The van der Waals surface area contributed by atoms with E-state index in [-0.39, 0.29) is 5.56 Å². The molecule has 0 saturated carbocycles. The highest BCUT2D eigenvalue weighted by Gasteiger charge is 2.11. The number of aromatic carboxylic acids is 1. The number of rotatable bonds is 4. The van der Waals surface area contributed by atoms with Gasteiger partial charge < -0.3 is 9.67 Å². The summed E-state index contributed by atoms with van der Waals surface area (Å²) in [5.41, 5.74) is 3.11. The van der Waals surface area contributed by atoms with Crippen molar-refractivity contribution in [3.05, 3.63) is 47.5 Å². The van der Waals surface area contributed by atoms with Crippen molar-refractivity contribution in [2.75, 3.05) is 0 Å². The van der Waals surface area contributed by atoms with Crippen LogP contribution >= 0.6 is 0 Å². The van der Waals surface area contributed by atoms with Gasteiger partial charge in [-0.3, -0.25) is 4.68 Å². The normalized spacial score (nSPS) is 11.1. The Hall–Kier alpha value is -2.63. The Morgan fingerprint density at radius 1 is 1.38 bits per heavy atom. The molecule has 0 spiro atoms. The zero-order valence-electron chi connectivity index (χ0n) is 11.9. The van der Waals surface area contributed by atoms with E-state index in [4.69, 9.17) is 5.11 Å². The quantitative estimate of drug-likeness (QED) is 0.795. The second kappa shape index (κ2) is 5.05. The van der Waals surface area contributed by atoms with Gasteiger partial charge in [0.25, 0.3) is 0 Å². The first-order chi connectivity index (χ1) is 10.0. The molecule has 3 aromatic rings. The molecule has 0 aliphatic carbocycles. The smallest absolute Gasteiger partial charge is 0.335 e. The number of fused-ring (bicyclic) bond motifs is 1. The third-order valence-electron chi connectivity index (χ3n) is 3.57. The monoisotopic (exact) mass is 284 g/mol. The summed E-state index contributed by atoms with van der Waals surface area (Å²) in [5, 5.41) is 13.3. The topological polar surface area (TPSA) is 72.9 Å². The van der Waals surface area contributed by atoms with Crippen LogP contribution < -0.4 is 0 Å². The van der Waals surface area contributed by atoms with Gasteiger partial charge in [0.1, 0.15) is 5.82 Å². The van der Waals surface area contributed by atoms with Crippen LogP contribution in [0.15, 0.2) is 30.6 Å². The number of aromatic nitrogens is 4. The molecule has 0 unspecified atom stereocenters. The van der Waals surface area contributed by atoms with E-state index in [0.717, 1.165) is 35.4 Å². The predicted octanol–water partition coefficient (Wildman–Crippen LogP) is 2.02. The molecule has 0 fully saturated rings. The Balaban J connectivity index is 1.94. The lowest BCUT2D eigenvalue weighted by atomic mass is 10.2. The van der Waals surface area contributed by atoms with E-state index in [1.54, 1.807) is 22.9 Å². The highest BCUT2D eigenvalue weighted by molar-refractivity contribution is 5.92. The van der Waals surface area contributed by atoms with Gasteiger partial charge in [0, 0.05) is 19.8 Å². The predicted molar refractivity (Wildman–Crippen MR) is 78.3 cm³/mol. The third kappa shape index (κ3) is 2.52. The minimum absolute atomic E-state index is 0.282. The average molecular weight is 284 g/mol. The van der Waals surface area contributed by atoms with E-state index in [2.05, 4.69) is 14.6 Å². The summed E-state index contributed by atoms with van der Waals surface area (Å²) in [6.45, 7) is 2.68. The Kier molecular flexibility index (Phi) is 3.21. The zero-order valence-corrected chi connectivity index (χ0v) is 11.9. The maximum atomic E-state index is 11.1. The van der Waals surface area contributed by atoms with Crippen molar-refractivity contribution in [2.45, 2.75) is 19.9 Å². The van der Waals surface area contributed by atoms with E-state index < -0.39 is 5.97 Å². The molecule has 21 heavy (non-hydrogen) atoms. The summed E-state index contributed by atoms with van der Waals surface area (Å²) in [7, 11) is 1.89. The number of imidazole rings is 1. The number of hydrogen-bond donors (Lipinski definition) is 1. The number of carbonyl (C=O) groups is 1. The van der Waals surface area contributed by atoms with Gasteiger partial charge >= 0.3 is 5.97 Å². The van der Waals surface area contributed by atoms with Gasteiger partial charge in [0.2, 0.25) is 0 Å².